The van der Waals surface area contributed by atoms with Crippen LogP contribution in [-0.2, 0) is 6.42 Å². The molecule has 0 bridgehead atoms. The lowest BCUT2D eigenvalue weighted by atomic mass is 10.0. The predicted octanol–water partition coefficient (Wildman–Crippen LogP) is 2.77. The van der Waals surface area contributed by atoms with E-state index in [2.05, 4.69) is 4.98 Å². The molecule has 0 amide bonds. The predicted molar refractivity (Wildman–Crippen MR) is 64.4 cm³/mol. The standard InChI is InChI=1S/C11H9ClFNO2S/c1-11(4-15)3-5-8(16-11)6(13)2-7-9(5)17-10(12)14-7/h2,15H,3-4H2,1H3/t11-/m1/s1. The van der Waals surface area contributed by atoms with E-state index in [-0.39, 0.29) is 12.4 Å². The number of hydrogen-bond donors (Lipinski definition) is 1. The van der Waals surface area contributed by atoms with Crippen LogP contribution in [0.1, 0.15) is 12.5 Å². The summed E-state index contributed by atoms with van der Waals surface area (Å²) in [6.07, 6.45) is 0.464. The summed E-state index contributed by atoms with van der Waals surface area (Å²) in [7, 11) is 0. The molecule has 1 aliphatic heterocycles. The smallest absolute Gasteiger partial charge is 0.184 e. The lowest BCUT2D eigenvalue weighted by Gasteiger charge is -2.20. The number of aromatic nitrogens is 1. The summed E-state index contributed by atoms with van der Waals surface area (Å²) in [5, 5.41) is 9.28. The molecule has 3 nitrogen and oxygen atoms in total. The summed E-state index contributed by atoms with van der Waals surface area (Å²) >= 11 is 7.14. The summed E-state index contributed by atoms with van der Waals surface area (Å²) in [6.45, 7) is 1.59. The Hall–Kier alpha value is -0.910. The first-order chi connectivity index (χ1) is 8.02. The molecular weight excluding hydrogens is 265 g/mol. The van der Waals surface area contributed by atoms with Gasteiger partial charge in [0.1, 0.15) is 5.60 Å². The Morgan fingerprint density at radius 3 is 3.18 bits per heavy atom. The van der Waals surface area contributed by atoms with Crippen LogP contribution in [0, 0.1) is 5.82 Å². The summed E-state index contributed by atoms with van der Waals surface area (Å²) in [4.78, 5) is 4.05. The first-order valence-electron chi connectivity index (χ1n) is 5.10. The van der Waals surface area contributed by atoms with Gasteiger partial charge in [-0.2, -0.15) is 0 Å². The van der Waals surface area contributed by atoms with Crippen molar-refractivity contribution in [2.24, 2.45) is 0 Å². The molecule has 0 saturated carbocycles. The third-order valence-corrected chi connectivity index (χ3v) is 4.12. The van der Waals surface area contributed by atoms with E-state index in [1.165, 1.54) is 17.4 Å². The highest BCUT2D eigenvalue weighted by Gasteiger charge is 2.38. The third kappa shape index (κ3) is 1.61. The molecular formula is C11H9ClFNO2S. The fourth-order valence-electron chi connectivity index (χ4n) is 2.07. The number of benzene rings is 1. The van der Waals surface area contributed by atoms with E-state index in [1.54, 1.807) is 6.92 Å². The van der Waals surface area contributed by atoms with E-state index in [0.29, 0.717) is 16.4 Å². The van der Waals surface area contributed by atoms with Gasteiger partial charge in [0.15, 0.2) is 16.0 Å². The Labute approximate surface area is 106 Å². The molecule has 1 atom stereocenters. The normalized spacial score (nSPS) is 22.8. The molecule has 0 radical (unpaired) electrons. The lowest BCUT2D eigenvalue weighted by molar-refractivity contribution is 0.0421. The quantitative estimate of drug-likeness (QED) is 0.869. The van der Waals surface area contributed by atoms with Crippen LogP contribution in [0.3, 0.4) is 0 Å². The minimum Gasteiger partial charge on any atom is -0.481 e. The Balaban J connectivity index is 2.27. The van der Waals surface area contributed by atoms with Crippen LogP contribution in [0.5, 0.6) is 5.75 Å². The molecule has 1 aromatic carbocycles. The zero-order valence-corrected chi connectivity index (χ0v) is 10.5. The number of rotatable bonds is 1. The minimum atomic E-state index is -0.756. The number of halogens is 2. The second-order valence-electron chi connectivity index (χ2n) is 4.37. The van der Waals surface area contributed by atoms with Crippen LogP contribution in [0.25, 0.3) is 10.2 Å². The molecule has 0 unspecified atom stereocenters. The van der Waals surface area contributed by atoms with Crippen molar-refractivity contribution in [2.75, 3.05) is 6.61 Å². The summed E-state index contributed by atoms with van der Waals surface area (Å²) in [5.74, 6) is -0.235. The third-order valence-electron chi connectivity index (χ3n) is 2.89. The van der Waals surface area contributed by atoms with Gasteiger partial charge in [-0.15, -0.1) is 11.3 Å². The largest absolute Gasteiger partial charge is 0.481 e. The number of nitrogens with zero attached hydrogens (tertiary/aromatic N) is 1. The molecule has 0 spiro atoms. The van der Waals surface area contributed by atoms with E-state index in [9.17, 15) is 9.50 Å². The van der Waals surface area contributed by atoms with Crippen molar-refractivity contribution in [1.29, 1.82) is 0 Å². The monoisotopic (exact) mass is 273 g/mol. The maximum atomic E-state index is 13.8. The molecule has 1 N–H and O–H groups in total. The van der Waals surface area contributed by atoms with Crippen molar-refractivity contribution in [3.05, 3.63) is 21.9 Å². The van der Waals surface area contributed by atoms with Crippen molar-refractivity contribution in [1.82, 2.24) is 4.98 Å². The van der Waals surface area contributed by atoms with Crippen LogP contribution in [-0.4, -0.2) is 22.3 Å². The fourth-order valence-corrected chi connectivity index (χ4v) is 3.20. The summed E-state index contributed by atoms with van der Waals surface area (Å²) in [5.41, 5.74) is 0.538. The van der Waals surface area contributed by atoms with Crippen molar-refractivity contribution in [2.45, 2.75) is 18.9 Å². The number of hydrogen-bond acceptors (Lipinski definition) is 4. The van der Waals surface area contributed by atoms with Gasteiger partial charge in [0.2, 0.25) is 0 Å². The SMILES string of the molecule is C[C@]1(CO)Cc2c(c(F)cc3nc(Cl)sc23)O1. The molecule has 90 valence electrons. The van der Waals surface area contributed by atoms with Crippen LogP contribution in [0.15, 0.2) is 6.07 Å². The van der Waals surface area contributed by atoms with E-state index in [4.69, 9.17) is 16.3 Å². The molecule has 3 rings (SSSR count). The van der Waals surface area contributed by atoms with Gasteiger partial charge in [0, 0.05) is 18.1 Å². The summed E-state index contributed by atoms with van der Waals surface area (Å²) in [6, 6.07) is 1.32. The molecule has 1 aromatic heterocycles. The molecule has 1 aliphatic rings. The van der Waals surface area contributed by atoms with Gasteiger partial charge in [0.05, 0.1) is 16.8 Å². The van der Waals surface area contributed by atoms with Crippen molar-refractivity contribution >= 4 is 33.2 Å². The molecule has 6 heteroatoms. The molecule has 0 fully saturated rings. The highest BCUT2D eigenvalue weighted by molar-refractivity contribution is 7.22. The zero-order chi connectivity index (χ0) is 12.2. The average molecular weight is 274 g/mol. The lowest BCUT2D eigenvalue weighted by Crippen LogP contribution is -2.34. The van der Waals surface area contributed by atoms with E-state index in [0.717, 1.165) is 10.3 Å². The van der Waals surface area contributed by atoms with E-state index in [1.807, 2.05) is 0 Å². The van der Waals surface area contributed by atoms with Gasteiger partial charge < -0.3 is 9.84 Å². The minimum absolute atomic E-state index is 0.158. The molecule has 2 aromatic rings. The first kappa shape index (κ1) is 11.2. The Morgan fingerprint density at radius 1 is 1.71 bits per heavy atom. The summed E-state index contributed by atoms with van der Waals surface area (Å²) < 4.78 is 20.5. The molecule has 2 heterocycles. The van der Waals surface area contributed by atoms with Crippen LogP contribution in [0.2, 0.25) is 4.47 Å². The number of aliphatic hydroxyl groups is 1. The molecule has 17 heavy (non-hydrogen) atoms. The maximum Gasteiger partial charge on any atom is 0.184 e. The Morgan fingerprint density at radius 2 is 2.47 bits per heavy atom. The first-order valence-corrected chi connectivity index (χ1v) is 6.29. The second kappa shape index (κ2) is 3.54. The van der Waals surface area contributed by atoms with Gasteiger partial charge in [-0.1, -0.05) is 11.6 Å². The van der Waals surface area contributed by atoms with Crippen molar-refractivity contribution in [3.63, 3.8) is 0 Å². The van der Waals surface area contributed by atoms with Gasteiger partial charge in [0.25, 0.3) is 0 Å². The van der Waals surface area contributed by atoms with Gasteiger partial charge in [-0.05, 0) is 6.92 Å². The Kier molecular flexibility index (Phi) is 2.33. The molecule has 0 aliphatic carbocycles. The number of aliphatic hydroxyl groups excluding tert-OH is 1. The Bertz CT molecular complexity index is 615. The number of thiazole rings is 1. The molecule has 0 saturated heterocycles. The number of ether oxygens (including phenoxy) is 1. The van der Waals surface area contributed by atoms with Crippen LogP contribution >= 0.6 is 22.9 Å². The van der Waals surface area contributed by atoms with E-state index < -0.39 is 11.4 Å². The zero-order valence-electron chi connectivity index (χ0n) is 8.96. The van der Waals surface area contributed by atoms with Gasteiger partial charge >= 0.3 is 0 Å². The number of fused-ring (bicyclic) bond motifs is 3. The average Bonchev–Trinajstić information content (AvgIpc) is 2.80. The fraction of sp³-hybridized carbons (Fsp3) is 0.364. The van der Waals surface area contributed by atoms with Gasteiger partial charge in [-0.25, -0.2) is 9.37 Å². The highest BCUT2D eigenvalue weighted by atomic mass is 35.5. The highest BCUT2D eigenvalue weighted by Crippen LogP contribution is 2.43. The van der Waals surface area contributed by atoms with Crippen LogP contribution in [0.4, 0.5) is 4.39 Å². The van der Waals surface area contributed by atoms with E-state index >= 15 is 0 Å². The van der Waals surface area contributed by atoms with Crippen molar-refractivity contribution < 1.29 is 14.2 Å². The topological polar surface area (TPSA) is 42.4 Å². The van der Waals surface area contributed by atoms with Gasteiger partial charge in [-0.3, -0.25) is 0 Å². The van der Waals surface area contributed by atoms with Crippen molar-refractivity contribution in [3.8, 4) is 5.75 Å². The van der Waals surface area contributed by atoms with Crippen LogP contribution < -0.4 is 4.74 Å². The maximum absolute atomic E-state index is 13.8. The second-order valence-corrected chi connectivity index (χ2v) is 5.95.